The first-order valence-electron chi connectivity index (χ1n) is 9.85. The molecule has 1 saturated heterocycles. The van der Waals surface area contributed by atoms with E-state index in [0.717, 1.165) is 31.4 Å². The van der Waals surface area contributed by atoms with E-state index in [4.69, 9.17) is 9.47 Å². The van der Waals surface area contributed by atoms with Crippen LogP contribution in [0.5, 0.6) is 11.5 Å². The van der Waals surface area contributed by atoms with Gasteiger partial charge < -0.3 is 14.8 Å². The second kappa shape index (κ2) is 10.4. The SMILES string of the molecule is CCOc1cc(/C=C2/SC(=O)N(CC(=O)Nc3cc(C)cc(C)c3)C2=O)cc(I)c1OC. The Labute approximate surface area is 204 Å². The fourth-order valence-corrected chi connectivity index (χ4v) is 4.99. The summed E-state index contributed by atoms with van der Waals surface area (Å²) in [6.45, 7) is 5.84. The smallest absolute Gasteiger partial charge is 0.294 e. The maximum atomic E-state index is 12.8. The highest BCUT2D eigenvalue weighted by atomic mass is 127. The van der Waals surface area contributed by atoms with Gasteiger partial charge in [-0.1, -0.05) is 6.07 Å². The molecule has 1 aliphatic heterocycles. The Hall–Kier alpha value is -2.53. The number of nitrogens with zero attached hydrogens (tertiary/aromatic N) is 1. The third kappa shape index (κ3) is 5.63. The molecule has 0 unspecified atom stereocenters. The van der Waals surface area contributed by atoms with Crippen LogP contribution in [0.2, 0.25) is 0 Å². The third-order valence-corrected chi connectivity index (χ3v) is 6.22. The number of carbonyl (C=O) groups is 3. The number of carbonyl (C=O) groups excluding carboxylic acids is 3. The molecule has 0 saturated carbocycles. The second-order valence-electron chi connectivity index (χ2n) is 7.16. The average Bonchev–Trinajstić information content (AvgIpc) is 2.94. The van der Waals surface area contributed by atoms with Crippen LogP contribution in [0.3, 0.4) is 0 Å². The van der Waals surface area contributed by atoms with Gasteiger partial charge in [0.2, 0.25) is 5.91 Å². The molecule has 3 amide bonds. The first-order chi connectivity index (χ1) is 15.2. The zero-order chi connectivity index (χ0) is 23.4. The molecule has 32 heavy (non-hydrogen) atoms. The highest BCUT2D eigenvalue weighted by Crippen LogP contribution is 2.37. The van der Waals surface area contributed by atoms with Crippen molar-refractivity contribution in [2.45, 2.75) is 20.8 Å². The number of nitrogens with one attached hydrogen (secondary N) is 1. The molecule has 0 radical (unpaired) electrons. The summed E-state index contributed by atoms with van der Waals surface area (Å²) in [4.78, 5) is 38.9. The molecule has 7 nitrogen and oxygen atoms in total. The zero-order valence-electron chi connectivity index (χ0n) is 18.2. The first kappa shape index (κ1) is 24.1. The Bertz CT molecular complexity index is 1100. The molecule has 9 heteroatoms. The average molecular weight is 566 g/mol. The summed E-state index contributed by atoms with van der Waals surface area (Å²) in [5.41, 5.74) is 3.35. The maximum absolute atomic E-state index is 12.8. The topological polar surface area (TPSA) is 84.9 Å². The molecule has 1 fully saturated rings. The minimum atomic E-state index is -0.501. The Balaban J connectivity index is 1.77. The third-order valence-electron chi connectivity index (χ3n) is 4.51. The maximum Gasteiger partial charge on any atom is 0.294 e. The standard InChI is InChI=1S/C23H23IN2O5S/c1-5-31-18-10-15(9-17(24)21(18)30-4)11-19-22(28)26(23(29)32-19)12-20(27)25-16-7-13(2)6-14(3)8-16/h6-11H,5,12H2,1-4H3,(H,25,27)/b19-11+. The van der Waals surface area contributed by atoms with Crippen molar-refractivity contribution in [3.63, 3.8) is 0 Å². The van der Waals surface area contributed by atoms with Crippen LogP contribution in [0.1, 0.15) is 23.6 Å². The Morgan fingerprint density at radius 1 is 1.16 bits per heavy atom. The van der Waals surface area contributed by atoms with Gasteiger partial charge in [0.05, 0.1) is 22.2 Å². The van der Waals surface area contributed by atoms with E-state index < -0.39 is 17.1 Å². The van der Waals surface area contributed by atoms with Crippen LogP contribution in [-0.4, -0.2) is 42.2 Å². The molecule has 2 aromatic carbocycles. The van der Waals surface area contributed by atoms with Crippen LogP contribution in [0.25, 0.3) is 6.08 Å². The highest BCUT2D eigenvalue weighted by molar-refractivity contribution is 14.1. The monoisotopic (exact) mass is 566 g/mol. The zero-order valence-corrected chi connectivity index (χ0v) is 21.1. The molecule has 1 heterocycles. The highest BCUT2D eigenvalue weighted by Gasteiger charge is 2.36. The lowest BCUT2D eigenvalue weighted by molar-refractivity contribution is -0.127. The van der Waals surface area contributed by atoms with Crippen LogP contribution >= 0.6 is 34.4 Å². The van der Waals surface area contributed by atoms with E-state index in [1.165, 1.54) is 0 Å². The van der Waals surface area contributed by atoms with Gasteiger partial charge in [0.15, 0.2) is 11.5 Å². The summed E-state index contributed by atoms with van der Waals surface area (Å²) in [6, 6.07) is 9.25. The number of hydrogen-bond donors (Lipinski definition) is 1. The minimum absolute atomic E-state index is 0.248. The van der Waals surface area contributed by atoms with Gasteiger partial charge in [0.25, 0.3) is 11.1 Å². The van der Waals surface area contributed by atoms with Crippen LogP contribution in [0, 0.1) is 17.4 Å². The van der Waals surface area contributed by atoms with E-state index >= 15 is 0 Å². The fourth-order valence-electron chi connectivity index (χ4n) is 3.31. The number of halogens is 1. The number of hydrogen-bond acceptors (Lipinski definition) is 6. The molecule has 1 N–H and O–H groups in total. The van der Waals surface area contributed by atoms with Crippen molar-refractivity contribution in [2.24, 2.45) is 0 Å². The lowest BCUT2D eigenvalue weighted by atomic mass is 10.1. The normalized spacial score (nSPS) is 14.8. The second-order valence-corrected chi connectivity index (χ2v) is 9.31. The van der Waals surface area contributed by atoms with Crippen molar-refractivity contribution >= 4 is 63.2 Å². The minimum Gasteiger partial charge on any atom is -0.492 e. The Morgan fingerprint density at radius 2 is 1.84 bits per heavy atom. The van der Waals surface area contributed by atoms with Crippen LogP contribution in [0.15, 0.2) is 35.2 Å². The Morgan fingerprint density at radius 3 is 2.47 bits per heavy atom. The molecular weight excluding hydrogens is 543 g/mol. The number of rotatable bonds is 7. The molecule has 0 spiro atoms. The molecule has 0 aromatic heterocycles. The summed E-state index contributed by atoms with van der Waals surface area (Å²) in [5, 5.41) is 2.27. The number of anilines is 1. The van der Waals surface area contributed by atoms with Crippen molar-refractivity contribution in [2.75, 3.05) is 25.6 Å². The summed E-state index contributed by atoms with van der Waals surface area (Å²) >= 11 is 2.93. The fraction of sp³-hybridized carbons (Fsp3) is 0.261. The number of methoxy groups -OCH3 is 1. The van der Waals surface area contributed by atoms with E-state index in [1.807, 2.05) is 45.0 Å². The van der Waals surface area contributed by atoms with Gasteiger partial charge in [-0.3, -0.25) is 19.3 Å². The number of aryl methyl sites for hydroxylation is 2. The van der Waals surface area contributed by atoms with E-state index in [1.54, 1.807) is 19.3 Å². The van der Waals surface area contributed by atoms with Crippen molar-refractivity contribution in [1.82, 2.24) is 4.90 Å². The van der Waals surface area contributed by atoms with E-state index in [9.17, 15) is 14.4 Å². The van der Waals surface area contributed by atoms with E-state index in [-0.39, 0.29) is 11.4 Å². The molecular formula is C23H23IN2O5S. The number of thioether (sulfide) groups is 1. The molecule has 0 bridgehead atoms. The molecule has 2 aromatic rings. The van der Waals surface area contributed by atoms with Crippen LogP contribution < -0.4 is 14.8 Å². The largest absolute Gasteiger partial charge is 0.492 e. The Kier molecular flexibility index (Phi) is 7.83. The summed E-state index contributed by atoms with van der Waals surface area (Å²) in [6.07, 6.45) is 1.62. The van der Waals surface area contributed by atoms with Gasteiger partial charge in [0.1, 0.15) is 6.54 Å². The van der Waals surface area contributed by atoms with Crippen molar-refractivity contribution < 1.29 is 23.9 Å². The van der Waals surface area contributed by atoms with Gasteiger partial charge in [0, 0.05) is 5.69 Å². The summed E-state index contributed by atoms with van der Waals surface area (Å²) < 4.78 is 11.8. The first-order valence-corrected chi connectivity index (χ1v) is 11.7. The molecule has 0 aliphatic carbocycles. The molecule has 0 atom stereocenters. The summed E-state index contributed by atoms with van der Waals surface area (Å²) in [7, 11) is 1.56. The van der Waals surface area contributed by atoms with Crippen molar-refractivity contribution in [1.29, 1.82) is 0 Å². The molecule has 3 rings (SSSR count). The predicted octanol–water partition coefficient (Wildman–Crippen LogP) is 4.99. The number of ether oxygens (including phenoxy) is 2. The van der Waals surface area contributed by atoms with Gasteiger partial charge in [-0.25, -0.2) is 0 Å². The quantitative estimate of drug-likeness (QED) is 0.376. The van der Waals surface area contributed by atoms with Crippen molar-refractivity contribution in [3.05, 3.63) is 55.5 Å². The lowest BCUT2D eigenvalue weighted by Gasteiger charge is -2.13. The van der Waals surface area contributed by atoms with E-state index in [2.05, 4.69) is 27.9 Å². The summed E-state index contributed by atoms with van der Waals surface area (Å²) in [5.74, 6) is 0.233. The number of benzene rings is 2. The van der Waals surface area contributed by atoms with Crippen LogP contribution in [-0.2, 0) is 9.59 Å². The van der Waals surface area contributed by atoms with Gasteiger partial charge in [-0.05, 0) is 102 Å². The molecule has 168 valence electrons. The predicted molar refractivity (Wildman–Crippen MR) is 134 cm³/mol. The molecule has 1 aliphatic rings. The van der Waals surface area contributed by atoms with E-state index in [0.29, 0.717) is 29.4 Å². The number of amides is 3. The van der Waals surface area contributed by atoms with Crippen molar-refractivity contribution in [3.8, 4) is 11.5 Å². The number of imide groups is 1. The lowest BCUT2D eigenvalue weighted by Crippen LogP contribution is -2.36. The van der Waals surface area contributed by atoms with Crippen LogP contribution in [0.4, 0.5) is 10.5 Å². The van der Waals surface area contributed by atoms with Gasteiger partial charge in [-0.2, -0.15) is 0 Å². The van der Waals surface area contributed by atoms with Gasteiger partial charge >= 0.3 is 0 Å². The van der Waals surface area contributed by atoms with Gasteiger partial charge in [-0.15, -0.1) is 0 Å².